The lowest BCUT2D eigenvalue weighted by molar-refractivity contribution is 0.175. The van der Waals surface area contributed by atoms with Crippen LogP contribution in [0.1, 0.15) is 37.5 Å². The smallest absolute Gasteiger partial charge is 0.0914 e. The number of thioether (sulfide) groups is 1. The average Bonchev–Trinajstić information content (AvgIpc) is 2.46. The Labute approximate surface area is 133 Å². The Balaban J connectivity index is 2.21. The van der Waals surface area contributed by atoms with Crippen LogP contribution in [0.25, 0.3) is 0 Å². The molecule has 1 unspecified atom stereocenters. The molecular weight excluding hydrogens is 282 g/mol. The number of aliphatic hydroxyl groups excluding tert-OH is 2. The van der Waals surface area contributed by atoms with Gasteiger partial charge in [0.15, 0.2) is 0 Å². The van der Waals surface area contributed by atoms with E-state index in [-0.39, 0.29) is 6.61 Å². The van der Waals surface area contributed by atoms with Gasteiger partial charge in [0.2, 0.25) is 0 Å². The van der Waals surface area contributed by atoms with Crippen LogP contribution in [0.4, 0.5) is 0 Å². The standard InChI is InChI=1S/C17H29NO2S/c1-14(2)12-15-4-6-16(7-5-15)17(20)13-18-8-11-21-10-3-9-19/h4-7,14,17-20H,3,8-13H2,1-2H3. The van der Waals surface area contributed by atoms with Gasteiger partial charge in [0.05, 0.1) is 6.10 Å². The highest BCUT2D eigenvalue weighted by atomic mass is 32.2. The highest BCUT2D eigenvalue weighted by Crippen LogP contribution is 2.15. The molecule has 0 aromatic heterocycles. The van der Waals surface area contributed by atoms with E-state index in [9.17, 15) is 5.11 Å². The fourth-order valence-corrected chi connectivity index (χ4v) is 2.94. The first kappa shape index (κ1) is 18.5. The van der Waals surface area contributed by atoms with Crippen molar-refractivity contribution in [3.8, 4) is 0 Å². The second-order valence-electron chi connectivity index (χ2n) is 5.75. The van der Waals surface area contributed by atoms with Gasteiger partial charge in [-0.25, -0.2) is 0 Å². The molecule has 1 aromatic rings. The van der Waals surface area contributed by atoms with Crippen molar-refractivity contribution in [3.63, 3.8) is 0 Å². The molecule has 1 aromatic carbocycles. The predicted octanol–water partition coefficient (Wildman–Crippen LogP) is 2.62. The fraction of sp³-hybridized carbons (Fsp3) is 0.647. The van der Waals surface area contributed by atoms with E-state index >= 15 is 0 Å². The van der Waals surface area contributed by atoms with Crippen molar-refractivity contribution >= 4 is 11.8 Å². The predicted molar refractivity (Wildman–Crippen MR) is 91.8 cm³/mol. The quantitative estimate of drug-likeness (QED) is 0.550. The van der Waals surface area contributed by atoms with Crippen LogP contribution in [-0.2, 0) is 6.42 Å². The second-order valence-corrected chi connectivity index (χ2v) is 6.97. The van der Waals surface area contributed by atoms with Gasteiger partial charge in [0.1, 0.15) is 0 Å². The molecule has 1 rings (SSSR count). The molecule has 0 saturated carbocycles. The van der Waals surface area contributed by atoms with E-state index in [1.165, 1.54) is 5.56 Å². The zero-order chi connectivity index (χ0) is 15.5. The van der Waals surface area contributed by atoms with E-state index < -0.39 is 6.10 Å². The van der Waals surface area contributed by atoms with Crippen LogP contribution < -0.4 is 5.32 Å². The summed E-state index contributed by atoms with van der Waals surface area (Å²) >= 11 is 1.83. The van der Waals surface area contributed by atoms with Crippen LogP contribution in [0.5, 0.6) is 0 Å². The Kier molecular flexibility index (Phi) is 9.76. The topological polar surface area (TPSA) is 52.5 Å². The first-order valence-electron chi connectivity index (χ1n) is 7.79. The summed E-state index contributed by atoms with van der Waals surface area (Å²) in [5.41, 5.74) is 2.30. The molecule has 0 aliphatic rings. The molecule has 0 heterocycles. The largest absolute Gasteiger partial charge is 0.396 e. The molecule has 1 atom stereocenters. The minimum absolute atomic E-state index is 0.270. The maximum Gasteiger partial charge on any atom is 0.0914 e. The van der Waals surface area contributed by atoms with Crippen LogP contribution in [0, 0.1) is 5.92 Å². The van der Waals surface area contributed by atoms with E-state index in [1.807, 2.05) is 23.9 Å². The van der Waals surface area contributed by atoms with Crippen LogP contribution in [0.2, 0.25) is 0 Å². The third-order valence-electron chi connectivity index (χ3n) is 3.22. The highest BCUT2D eigenvalue weighted by Gasteiger charge is 2.07. The van der Waals surface area contributed by atoms with Gasteiger partial charge in [-0.2, -0.15) is 11.8 Å². The van der Waals surface area contributed by atoms with Gasteiger partial charge < -0.3 is 15.5 Å². The Hall–Kier alpha value is -0.550. The minimum atomic E-state index is -0.444. The van der Waals surface area contributed by atoms with Gasteiger partial charge in [-0.1, -0.05) is 38.1 Å². The first-order valence-corrected chi connectivity index (χ1v) is 8.95. The number of hydrogen-bond acceptors (Lipinski definition) is 4. The van der Waals surface area contributed by atoms with Gasteiger partial charge in [-0.15, -0.1) is 0 Å². The molecule has 0 aliphatic carbocycles. The van der Waals surface area contributed by atoms with Crippen molar-refractivity contribution in [1.29, 1.82) is 0 Å². The zero-order valence-electron chi connectivity index (χ0n) is 13.2. The molecule has 0 amide bonds. The molecule has 0 bridgehead atoms. The van der Waals surface area contributed by atoms with Crippen LogP contribution in [-0.4, -0.2) is 41.4 Å². The average molecular weight is 311 g/mol. The monoisotopic (exact) mass is 311 g/mol. The lowest BCUT2D eigenvalue weighted by Gasteiger charge is -2.13. The van der Waals surface area contributed by atoms with Crippen molar-refractivity contribution in [2.45, 2.75) is 32.8 Å². The summed E-state index contributed by atoms with van der Waals surface area (Å²) in [6.07, 6.45) is 1.50. The molecule has 4 heteroatoms. The van der Waals surface area contributed by atoms with Crippen LogP contribution in [0.3, 0.4) is 0 Å². The van der Waals surface area contributed by atoms with Gasteiger partial charge in [-0.05, 0) is 35.6 Å². The van der Waals surface area contributed by atoms with E-state index in [1.54, 1.807) is 0 Å². The van der Waals surface area contributed by atoms with Gasteiger partial charge in [0.25, 0.3) is 0 Å². The van der Waals surface area contributed by atoms with E-state index in [0.29, 0.717) is 12.5 Å². The Morgan fingerprint density at radius 2 is 1.86 bits per heavy atom. The second kappa shape index (κ2) is 11.1. The van der Waals surface area contributed by atoms with Crippen LogP contribution in [0.15, 0.2) is 24.3 Å². The summed E-state index contributed by atoms with van der Waals surface area (Å²) in [7, 11) is 0. The summed E-state index contributed by atoms with van der Waals surface area (Å²) in [6, 6.07) is 8.28. The zero-order valence-corrected chi connectivity index (χ0v) is 14.0. The molecule has 0 aliphatic heterocycles. The van der Waals surface area contributed by atoms with E-state index in [2.05, 4.69) is 31.3 Å². The number of aliphatic hydroxyl groups is 2. The molecule has 0 fully saturated rings. The van der Waals surface area contributed by atoms with Crippen molar-refractivity contribution in [1.82, 2.24) is 5.32 Å². The summed E-state index contributed by atoms with van der Waals surface area (Å²) in [5, 5.41) is 22.1. The fourth-order valence-electron chi connectivity index (χ4n) is 2.12. The van der Waals surface area contributed by atoms with Gasteiger partial charge >= 0.3 is 0 Å². The summed E-state index contributed by atoms with van der Waals surface area (Å²) in [6.45, 7) is 6.17. The van der Waals surface area contributed by atoms with E-state index in [4.69, 9.17) is 5.11 Å². The minimum Gasteiger partial charge on any atom is -0.396 e. The number of hydrogen-bond donors (Lipinski definition) is 3. The number of benzene rings is 1. The van der Waals surface area contributed by atoms with Crippen LogP contribution >= 0.6 is 11.8 Å². The third-order valence-corrected chi connectivity index (χ3v) is 4.29. The van der Waals surface area contributed by atoms with E-state index in [0.717, 1.165) is 36.5 Å². The summed E-state index contributed by atoms with van der Waals surface area (Å²) in [5.74, 6) is 2.67. The third kappa shape index (κ3) is 8.47. The first-order chi connectivity index (χ1) is 10.1. The molecule has 3 nitrogen and oxygen atoms in total. The van der Waals surface area contributed by atoms with Gasteiger partial charge in [-0.3, -0.25) is 0 Å². The number of nitrogens with one attached hydrogen (secondary N) is 1. The molecule has 3 N–H and O–H groups in total. The SMILES string of the molecule is CC(C)Cc1ccc(C(O)CNCCSCCCO)cc1. The molecule has 21 heavy (non-hydrogen) atoms. The number of rotatable bonds is 11. The Morgan fingerprint density at radius 3 is 2.48 bits per heavy atom. The van der Waals surface area contributed by atoms with Crippen molar-refractivity contribution in [2.24, 2.45) is 5.92 Å². The normalized spacial score (nSPS) is 12.8. The molecule has 0 saturated heterocycles. The molecule has 0 radical (unpaired) electrons. The van der Waals surface area contributed by atoms with Crippen molar-refractivity contribution in [3.05, 3.63) is 35.4 Å². The maximum atomic E-state index is 10.1. The Morgan fingerprint density at radius 1 is 1.14 bits per heavy atom. The molecule has 0 spiro atoms. The lowest BCUT2D eigenvalue weighted by atomic mass is 10.0. The molecule has 120 valence electrons. The lowest BCUT2D eigenvalue weighted by Crippen LogP contribution is -2.23. The van der Waals surface area contributed by atoms with Gasteiger partial charge in [0, 0.05) is 25.4 Å². The molecular formula is C17H29NO2S. The summed E-state index contributed by atoms with van der Waals surface area (Å²) in [4.78, 5) is 0. The highest BCUT2D eigenvalue weighted by molar-refractivity contribution is 7.99. The van der Waals surface area contributed by atoms with Crippen molar-refractivity contribution in [2.75, 3.05) is 31.2 Å². The maximum absolute atomic E-state index is 10.1. The Bertz CT molecular complexity index is 368. The van der Waals surface area contributed by atoms with Crippen molar-refractivity contribution < 1.29 is 10.2 Å². The summed E-state index contributed by atoms with van der Waals surface area (Å²) < 4.78 is 0.